The van der Waals surface area contributed by atoms with E-state index in [2.05, 4.69) is 26.6 Å². The third-order valence-electron chi connectivity index (χ3n) is 4.36. The molecule has 1 atom stereocenters. The van der Waals surface area contributed by atoms with Crippen LogP contribution in [0.3, 0.4) is 0 Å². The van der Waals surface area contributed by atoms with Crippen molar-refractivity contribution in [3.63, 3.8) is 0 Å². The van der Waals surface area contributed by atoms with Crippen LogP contribution in [-0.4, -0.2) is 71.0 Å². The highest BCUT2D eigenvalue weighted by atomic mass is 16.5. The van der Waals surface area contributed by atoms with Crippen molar-refractivity contribution in [3.8, 4) is 0 Å². The molecule has 1 unspecified atom stereocenters. The second kappa shape index (κ2) is 11.9. The Bertz CT molecular complexity index is 473. The van der Waals surface area contributed by atoms with Gasteiger partial charge in [0.15, 0.2) is 5.96 Å². The Morgan fingerprint density at radius 2 is 2.08 bits per heavy atom. The van der Waals surface area contributed by atoms with Crippen LogP contribution >= 0.6 is 0 Å². The molecule has 142 valence electrons. The zero-order chi connectivity index (χ0) is 17.7. The first-order valence-electron chi connectivity index (χ1n) is 9.13. The lowest BCUT2D eigenvalue weighted by molar-refractivity contribution is 0.0733. The highest BCUT2D eigenvalue weighted by molar-refractivity contribution is 5.79. The summed E-state index contributed by atoms with van der Waals surface area (Å²) in [4.78, 5) is 6.78. The number of piperidine rings is 1. The quantitative estimate of drug-likeness (QED) is 0.379. The lowest BCUT2D eigenvalue weighted by Crippen LogP contribution is -2.45. The van der Waals surface area contributed by atoms with Crippen LogP contribution in [0.15, 0.2) is 27.8 Å². The second-order valence-electron chi connectivity index (χ2n) is 6.11. The smallest absolute Gasteiger partial charge is 0.191 e. The summed E-state index contributed by atoms with van der Waals surface area (Å²) in [6.07, 6.45) is 5.57. The Morgan fingerprint density at radius 1 is 1.24 bits per heavy atom. The predicted octanol–water partition coefficient (Wildman–Crippen LogP) is 1.63. The average molecular weight is 352 g/mol. The molecule has 0 radical (unpaired) electrons. The van der Waals surface area contributed by atoms with E-state index in [0.29, 0.717) is 26.4 Å². The van der Waals surface area contributed by atoms with Gasteiger partial charge in [0, 0.05) is 27.2 Å². The van der Waals surface area contributed by atoms with Gasteiger partial charge in [-0.25, -0.2) is 0 Å². The molecule has 0 saturated carbocycles. The lowest BCUT2D eigenvalue weighted by Gasteiger charge is -2.33. The molecule has 2 heterocycles. The monoisotopic (exact) mass is 352 g/mol. The topological polar surface area (TPSA) is 71.3 Å². The number of nitrogens with zero attached hydrogens (tertiary/aromatic N) is 2. The van der Waals surface area contributed by atoms with Crippen molar-refractivity contribution in [3.05, 3.63) is 24.2 Å². The van der Waals surface area contributed by atoms with Gasteiger partial charge in [-0.05, 0) is 38.1 Å². The molecule has 7 heteroatoms. The molecule has 1 aliphatic rings. The number of guanidine groups is 1. The van der Waals surface area contributed by atoms with Crippen LogP contribution in [0.25, 0.3) is 0 Å². The van der Waals surface area contributed by atoms with Crippen LogP contribution < -0.4 is 10.6 Å². The van der Waals surface area contributed by atoms with Crippen LogP contribution in [-0.2, 0) is 9.47 Å². The predicted molar refractivity (Wildman–Crippen MR) is 98.9 cm³/mol. The summed E-state index contributed by atoms with van der Waals surface area (Å²) in [7, 11) is 3.45. The van der Waals surface area contributed by atoms with E-state index in [1.165, 1.54) is 19.3 Å². The van der Waals surface area contributed by atoms with Gasteiger partial charge in [-0.1, -0.05) is 6.42 Å². The van der Waals surface area contributed by atoms with Gasteiger partial charge in [-0.15, -0.1) is 0 Å². The largest absolute Gasteiger partial charge is 0.468 e. The van der Waals surface area contributed by atoms with Crippen molar-refractivity contribution in [2.45, 2.75) is 25.3 Å². The van der Waals surface area contributed by atoms with Crippen molar-refractivity contribution >= 4 is 5.96 Å². The first kappa shape index (κ1) is 19.8. The molecule has 1 aliphatic heterocycles. The van der Waals surface area contributed by atoms with Crippen LogP contribution in [0.4, 0.5) is 0 Å². The van der Waals surface area contributed by atoms with E-state index < -0.39 is 0 Å². The van der Waals surface area contributed by atoms with Crippen molar-refractivity contribution in [1.82, 2.24) is 15.5 Å². The van der Waals surface area contributed by atoms with E-state index in [-0.39, 0.29) is 6.04 Å². The first-order valence-corrected chi connectivity index (χ1v) is 9.13. The summed E-state index contributed by atoms with van der Waals surface area (Å²) < 4.78 is 16.1. The van der Waals surface area contributed by atoms with Crippen LogP contribution in [0, 0.1) is 0 Å². The number of rotatable bonds is 10. The Hall–Kier alpha value is -1.57. The van der Waals surface area contributed by atoms with Gasteiger partial charge in [0.1, 0.15) is 5.76 Å². The van der Waals surface area contributed by atoms with Crippen molar-refractivity contribution in [2.75, 3.05) is 60.2 Å². The number of ether oxygens (including phenoxy) is 2. The molecule has 2 rings (SSSR count). The van der Waals surface area contributed by atoms with Gasteiger partial charge in [0.25, 0.3) is 0 Å². The van der Waals surface area contributed by atoms with Gasteiger partial charge in [-0.2, -0.15) is 0 Å². The van der Waals surface area contributed by atoms with Gasteiger partial charge in [0.2, 0.25) is 0 Å². The Balaban J connectivity index is 1.77. The molecule has 2 N–H and O–H groups in total. The van der Waals surface area contributed by atoms with Gasteiger partial charge < -0.3 is 24.5 Å². The molecule has 1 aromatic heterocycles. The number of hydrogen-bond donors (Lipinski definition) is 2. The van der Waals surface area contributed by atoms with Crippen LogP contribution in [0.1, 0.15) is 31.1 Å². The summed E-state index contributed by atoms with van der Waals surface area (Å²) in [6.45, 7) is 5.56. The van der Waals surface area contributed by atoms with Gasteiger partial charge in [0.05, 0.1) is 32.1 Å². The minimum absolute atomic E-state index is 0.229. The highest BCUT2D eigenvalue weighted by Gasteiger charge is 2.24. The highest BCUT2D eigenvalue weighted by Crippen LogP contribution is 2.24. The maximum atomic E-state index is 5.68. The third-order valence-corrected chi connectivity index (χ3v) is 4.36. The second-order valence-corrected chi connectivity index (χ2v) is 6.11. The lowest BCUT2D eigenvalue weighted by atomic mass is 10.1. The number of methoxy groups -OCH3 is 1. The molecule has 25 heavy (non-hydrogen) atoms. The Labute approximate surface area is 150 Å². The SMILES string of the molecule is CN=C(NCCOCCOC)NCC(c1ccco1)N1CCCCC1. The molecule has 1 aromatic rings. The summed E-state index contributed by atoms with van der Waals surface area (Å²) in [5.74, 6) is 1.79. The normalized spacial score (nSPS) is 17.4. The number of furan rings is 1. The molecular weight excluding hydrogens is 320 g/mol. The van der Waals surface area contributed by atoms with E-state index in [1.54, 1.807) is 20.4 Å². The number of hydrogen-bond acceptors (Lipinski definition) is 5. The zero-order valence-corrected chi connectivity index (χ0v) is 15.5. The van der Waals surface area contributed by atoms with E-state index in [1.807, 2.05) is 6.07 Å². The molecule has 1 saturated heterocycles. The van der Waals surface area contributed by atoms with Crippen molar-refractivity contribution in [1.29, 1.82) is 0 Å². The summed E-state index contributed by atoms with van der Waals surface area (Å²) in [6, 6.07) is 4.24. The van der Waals surface area contributed by atoms with E-state index >= 15 is 0 Å². The summed E-state index contributed by atoms with van der Waals surface area (Å²) >= 11 is 0. The molecule has 1 fully saturated rings. The number of likely N-dealkylation sites (tertiary alicyclic amines) is 1. The first-order chi connectivity index (χ1) is 12.3. The minimum atomic E-state index is 0.229. The number of nitrogens with one attached hydrogen (secondary N) is 2. The van der Waals surface area contributed by atoms with Crippen molar-refractivity contribution < 1.29 is 13.9 Å². The van der Waals surface area contributed by atoms with E-state index in [4.69, 9.17) is 13.9 Å². The van der Waals surface area contributed by atoms with Crippen LogP contribution in [0.2, 0.25) is 0 Å². The minimum Gasteiger partial charge on any atom is -0.468 e. The fourth-order valence-corrected chi connectivity index (χ4v) is 3.02. The molecule has 0 aliphatic carbocycles. The van der Waals surface area contributed by atoms with Crippen molar-refractivity contribution in [2.24, 2.45) is 4.99 Å². The van der Waals surface area contributed by atoms with Gasteiger partial charge >= 0.3 is 0 Å². The fourth-order valence-electron chi connectivity index (χ4n) is 3.02. The van der Waals surface area contributed by atoms with E-state index in [0.717, 1.165) is 31.4 Å². The maximum absolute atomic E-state index is 5.68. The summed E-state index contributed by atoms with van der Waals surface area (Å²) in [5.41, 5.74) is 0. The van der Waals surface area contributed by atoms with E-state index in [9.17, 15) is 0 Å². The number of aliphatic imine (C=N–C) groups is 1. The zero-order valence-electron chi connectivity index (χ0n) is 15.5. The molecule has 0 amide bonds. The molecular formula is C18H32N4O3. The Morgan fingerprint density at radius 3 is 2.76 bits per heavy atom. The molecule has 0 bridgehead atoms. The van der Waals surface area contributed by atoms with Gasteiger partial charge in [-0.3, -0.25) is 9.89 Å². The molecule has 7 nitrogen and oxygen atoms in total. The fraction of sp³-hybridized carbons (Fsp3) is 0.722. The maximum Gasteiger partial charge on any atom is 0.191 e. The van der Waals surface area contributed by atoms with Crippen LogP contribution in [0.5, 0.6) is 0 Å². The molecule has 0 spiro atoms. The standard InChI is InChI=1S/C18H32N4O3/c1-19-18(20-8-12-24-14-13-23-2)21-15-16(17-7-6-11-25-17)22-9-4-3-5-10-22/h6-7,11,16H,3-5,8-10,12-15H2,1-2H3,(H2,19,20,21). The Kier molecular flexibility index (Phi) is 9.40. The summed E-state index contributed by atoms with van der Waals surface area (Å²) in [5, 5.41) is 6.69. The average Bonchev–Trinajstić information content (AvgIpc) is 3.18. The molecule has 0 aromatic carbocycles. The third kappa shape index (κ3) is 7.05.